The van der Waals surface area contributed by atoms with Crippen molar-refractivity contribution in [2.75, 3.05) is 32.1 Å². The number of nitrogens with zero attached hydrogens (tertiary/aromatic N) is 1. The monoisotopic (exact) mass is 354 g/mol. The van der Waals surface area contributed by atoms with Gasteiger partial charge in [-0.15, -0.1) is 0 Å². The standard InChI is InChI=1S/C15H19BrN2O3/c1-10-3-4-13(12(16)7-10)17-14(19)9-18-6-5-11(8-18)15(20)21-2/h3-4,7,11H,5-6,8-9H2,1-2H3,(H,17,19). The number of carbonyl (C=O) groups excluding carboxylic acids is 2. The van der Waals surface area contributed by atoms with E-state index >= 15 is 0 Å². The minimum atomic E-state index is -0.195. The summed E-state index contributed by atoms with van der Waals surface area (Å²) in [5.41, 5.74) is 1.88. The maximum absolute atomic E-state index is 12.1. The zero-order valence-corrected chi connectivity index (χ0v) is 13.8. The van der Waals surface area contributed by atoms with Gasteiger partial charge >= 0.3 is 5.97 Å². The fourth-order valence-electron chi connectivity index (χ4n) is 2.45. The van der Waals surface area contributed by atoms with E-state index in [1.807, 2.05) is 30.0 Å². The van der Waals surface area contributed by atoms with Gasteiger partial charge in [0.15, 0.2) is 0 Å². The molecule has 1 atom stereocenters. The third-order valence-corrected chi connectivity index (χ3v) is 4.23. The molecule has 0 radical (unpaired) electrons. The number of anilines is 1. The molecule has 0 aromatic heterocycles. The van der Waals surface area contributed by atoms with Crippen molar-refractivity contribution in [3.8, 4) is 0 Å². The molecule has 0 saturated carbocycles. The topological polar surface area (TPSA) is 58.6 Å². The predicted molar refractivity (Wildman–Crippen MR) is 84.1 cm³/mol. The zero-order valence-electron chi connectivity index (χ0n) is 12.2. The van der Waals surface area contributed by atoms with Crippen molar-refractivity contribution in [2.24, 2.45) is 5.92 Å². The van der Waals surface area contributed by atoms with Gasteiger partial charge in [0.25, 0.3) is 0 Å². The van der Waals surface area contributed by atoms with Gasteiger partial charge in [-0.1, -0.05) is 6.07 Å². The fraction of sp³-hybridized carbons (Fsp3) is 0.467. The summed E-state index contributed by atoms with van der Waals surface area (Å²) in [7, 11) is 1.40. The normalized spacial score (nSPS) is 18.5. The van der Waals surface area contributed by atoms with Crippen molar-refractivity contribution in [3.63, 3.8) is 0 Å². The van der Waals surface area contributed by atoms with Gasteiger partial charge in [0.1, 0.15) is 0 Å². The summed E-state index contributed by atoms with van der Waals surface area (Å²) in [6.07, 6.45) is 0.744. The van der Waals surface area contributed by atoms with Crippen LogP contribution in [0.2, 0.25) is 0 Å². The van der Waals surface area contributed by atoms with Crippen LogP contribution in [0.4, 0.5) is 5.69 Å². The highest BCUT2D eigenvalue weighted by atomic mass is 79.9. The summed E-state index contributed by atoms with van der Waals surface area (Å²) < 4.78 is 5.60. The van der Waals surface area contributed by atoms with E-state index in [-0.39, 0.29) is 24.3 Å². The number of nitrogens with one attached hydrogen (secondary N) is 1. The highest BCUT2D eigenvalue weighted by Crippen LogP contribution is 2.23. The second kappa shape index (κ2) is 7.04. The van der Waals surface area contributed by atoms with Crippen molar-refractivity contribution < 1.29 is 14.3 Å². The molecule has 1 aliphatic heterocycles. The van der Waals surface area contributed by atoms with Crippen LogP contribution in [0.15, 0.2) is 22.7 Å². The molecular weight excluding hydrogens is 336 g/mol. The SMILES string of the molecule is COC(=O)C1CCN(CC(=O)Nc2ccc(C)cc2Br)C1. The maximum atomic E-state index is 12.1. The summed E-state index contributed by atoms with van der Waals surface area (Å²) in [6, 6.07) is 5.78. The van der Waals surface area contributed by atoms with Crippen LogP contribution in [-0.2, 0) is 14.3 Å². The molecule has 1 N–H and O–H groups in total. The number of hydrogen-bond donors (Lipinski definition) is 1. The number of hydrogen-bond acceptors (Lipinski definition) is 4. The molecule has 5 nitrogen and oxygen atoms in total. The van der Waals surface area contributed by atoms with E-state index in [0.717, 1.165) is 28.7 Å². The van der Waals surface area contributed by atoms with Gasteiger partial charge in [-0.25, -0.2) is 0 Å². The Balaban J connectivity index is 1.87. The van der Waals surface area contributed by atoms with Crippen LogP contribution >= 0.6 is 15.9 Å². The second-order valence-electron chi connectivity index (χ2n) is 5.28. The highest BCUT2D eigenvalue weighted by molar-refractivity contribution is 9.10. The minimum absolute atomic E-state index is 0.0786. The van der Waals surface area contributed by atoms with Gasteiger partial charge in [-0.05, 0) is 53.5 Å². The van der Waals surface area contributed by atoms with E-state index in [9.17, 15) is 9.59 Å². The van der Waals surface area contributed by atoms with E-state index in [0.29, 0.717) is 6.54 Å². The Hall–Kier alpha value is -1.40. The molecular formula is C15H19BrN2O3. The molecule has 1 saturated heterocycles. The summed E-state index contributed by atoms with van der Waals surface area (Å²) in [4.78, 5) is 25.5. The van der Waals surface area contributed by atoms with Crippen LogP contribution in [0.3, 0.4) is 0 Å². The maximum Gasteiger partial charge on any atom is 0.310 e. The number of carbonyl (C=O) groups is 2. The van der Waals surface area contributed by atoms with Crippen LogP contribution in [-0.4, -0.2) is 43.5 Å². The number of aryl methyl sites for hydroxylation is 1. The number of esters is 1. The highest BCUT2D eigenvalue weighted by Gasteiger charge is 2.29. The van der Waals surface area contributed by atoms with E-state index in [1.165, 1.54) is 7.11 Å². The lowest BCUT2D eigenvalue weighted by Crippen LogP contribution is -2.32. The smallest absolute Gasteiger partial charge is 0.310 e. The average molecular weight is 355 g/mol. The Bertz CT molecular complexity index is 548. The van der Waals surface area contributed by atoms with Gasteiger partial charge in [0.05, 0.1) is 25.3 Å². The summed E-state index contributed by atoms with van der Waals surface area (Å²) in [5.74, 6) is -0.391. The van der Waals surface area contributed by atoms with E-state index in [4.69, 9.17) is 4.74 Å². The van der Waals surface area contributed by atoms with Crippen LogP contribution in [0, 0.1) is 12.8 Å². The average Bonchev–Trinajstić information content (AvgIpc) is 2.89. The Morgan fingerprint density at radius 3 is 2.90 bits per heavy atom. The molecule has 1 amide bonds. The molecule has 0 aliphatic carbocycles. The van der Waals surface area contributed by atoms with Crippen LogP contribution < -0.4 is 5.32 Å². The molecule has 1 aliphatic rings. The predicted octanol–water partition coefficient (Wildman–Crippen LogP) is 2.19. The van der Waals surface area contributed by atoms with Crippen molar-refractivity contribution in [3.05, 3.63) is 28.2 Å². The lowest BCUT2D eigenvalue weighted by Gasteiger charge is -2.15. The molecule has 21 heavy (non-hydrogen) atoms. The Morgan fingerprint density at radius 2 is 2.24 bits per heavy atom. The molecule has 1 fully saturated rings. The first kappa shape index (κ1) is 16.0. The van der Waals surface area contributed by atoms with Gasteiger partial charge in [0.2, 0.25) is 5.91 Å². The number of likely N-dealkylation sites (tertiary alicyclic amines) is 1. The Morgan fingerprint density at radius 1 is 1.48 bits per heavy atom. The number of methoxy groups -OCH3 is 1. The lowest BCUT2D eigenvalue weighted by molar-refractivity contribution is -0.145. The number of ether oxygens (including phenoxy) is 1. The lowest BCUT2D eigenvalue weighted by atomic mass is 10.1. The van der Waals surface area contributed by atoms with Crippen molar-refractivity contribution in [2.45, 2.75) is 13.3 Å². The second-order valence-corrected chi connectivity index (χ2v) is 6.13. The summed E-state index contributed by atoms with van der Waals surface area (Å²) >= 11 is 3.44. The number of halogens is 1. The minimum Gasteiger partial charge on any atom is -0.469 e. The molecule has 1 heterocycles. The molecule has 0 spiro atoms. The number of amides is 1. The van der Waals surface area contributed by atoms with Crippen LogP contribution in [0.1, 0.15) is 12.0 Å². The molecule has 6 heteroatoms. The third kappa shape index (κ3) is 4.28. The molecule has 2 rings (SSSR count). The zero-order chi connectivity index (χ0) is 15.4. The quantitative estimate of drug-likeness (QED) is 0.842. The third-order valence-electron chi connectivity index (χ3n) is 3.57. The summed E-state index contributed by atoms with van der Waals surface area (Å²) in [6.45, 7) is 3.60. The van der Waals surface area contributed by atoms with Gasteiger partial charge in [-0.3, -0.25) is 14.5 Å². The van der Waals surface area contributed by atoms with Gasteiger partial charge < -0.3 is 10.1 Å². The van der Waals surface area contributed by atoms with E-state index in [1.54, 1.807) is 0 Å². The van der Waals surface area contributed by atoms with E-state index < -0.39 is 0 Å². The number of benzene rings is 1. The Labute approximate surface area is 132 Å². The fourth-order valence-corrected chi connectivity index (χ4v) is 3.04. The van der Waals surface area contributed by atoms with Crippen LogP contribution in [0.25, 0.3) is 0 Å². The molecule has 1 aromatic carbocycles. The largest absolute Gasteiger partial charge is 0.469 e. The van der Waals surface area contributed by atoms with Crippen molar-refractivity contribution in [1.29, 1.82) is 0 Å². The molecule has 114 valence electrons. The van der Waals surface area contributed by atoms with Gasteiger partial charge in [-0.2, -0.15) is 0 Å². The van der Waals surface area contributed by atoms with Crippen LogP contribution in [0.5, 0.6) is 0 Å². The van der Waals surface area contributed by atoms with Crippen molar-refractivity contribution >= 4 is 33.5 Å². The van der Waals surface area contributed by atoms with Crippen molar-refractivity contribution in [1.82, 2.24) is 4.90 Å². The molecule has 1 aromatic rings. The first-order valence-corrected chi connectivity index (χ1v) is 7.65. The molecule has 1 unspecified atom stereocenters. The number of rotatable bonds is 4. The first-order chi connectivity index (χ1) is 9.99. The Kier molecular flexibility index (Phi) is 5.36. The van der Waals surface area contributed by atoms with E-state index in [2.05, 4.69) is 21.2 Å². The first-order valence-electron chi connectivity index (χ1n) is 6.86. The van der Waals surface area contributed by atoms with Gasteiger partial charge in [0, 0.05) is 11.0 Å². The molecule has 0 bridgehead atoms. The summed E-state index contributed by atoms with van der Waals surface area (Å²) in [5, 5.41) is 2.88.